The Morgan fingerprint density at radius 1 is 1.26 bits per heavy atom. The number of hydrogen-bond donors (Lipinski definition) is 1. The molecule has 0 saturated carbocycles. The monoisotopic (exact) mass is 472 g/mol. The van der Waals surface area contributed by atoms with E-state index < -0.39 is 5.97 Å². The van der Waals surface area contributed by atoms with E-state index in [9.17, 15) is 9.59 Å². The summed E-state index contributed by atoms with van der Waals surface area (Å²) in [6.07, 6.45) is 4.97. The van der Waals surface area contributed by atoms with Crippen molar-refractivity contribution >= 4 is 60.8 Å². The van der Waals surface area contributed by atoms with Gasteiger partial charge >= 0.3 is 5.97 Å². The highest BCUT2D eigenvalue weighted by Crippen LogP contribution is 2.43. The Morgan fingerprint density at radius 3 is 2.90 bits per heavy atom. The fourth-order valence-electron chi connectivity index (χ4n) is 3.96. The minimum absolute atomic E-state index is 0.124. The Kier molecular flexibility index (Phi) is 5.31. The maximum absolute atomic E-state index is 12.8. The van der Waals surface area contributed by atoms with Crippen LogP contribution in [0.1, 0.15) is 57.0 Å². The van der Waals surface area contributed by atoms with Crippen molar-refractivity contribution in [2.24, 2.45) is 0 Å². The van der Waals surface area contributed by atoms with E-state index in [0.717, 1.165) is 28.1 Å². The highest BCUT2D eigenvalue weighted by molar-refractivity contribution is 7.99. The molecule has 1 N–H and O–H groups in total. The summed E-state index contributed by atoms with van der Waals surface area (Å²) in [5.41, 5.74) is 1.76. The van der Waals surface area contributed by atoms with Gasteiger partial charge in [-0.1, -0.05) is 11.8 Å². The molecule has 1 aliphatic rings. The zero-order chi connectivity index (χ0) is 21.7. The number of thioether (sulfide) groups is 1. The summed E-state index contributed by atoms with van der Waals surface area (Å²) in [5, 5.41) is 2.40. The molecule has 4 aromatic heterocycles. The van der Waals surface area contributed by atoms with Gasteiger partial charge in [0.25, 0.3) is 5.56 Å². The van der Waals surface area contributed by atoms with Crippen LogP contribution < -0.4 is 5.56 Å². The zero-order valence-corrected chi connectivity index (χ0v) is 19.7. The van der Waals surface area contributed by atoms with E-state index in [1.165, 1.54) is 28.2 Å². The van der Waals surface area contributed by atoms with Crippen LogP contribution in [0.3, 0.4) is 0 Å². The van der Waals surface area contributed by atoms with Gasteiger partial charge in [-0.05, 0) is 51.2 Å². The second kappa shape index (κ2) is 7.99. The quantitative estimate of drug-likeness (QED) is 0.253. The van der Waals surface area contributed by atoms with Gasteiger partial charge in [0.1, 0.15) is 31.7 Å². The van der Waals surface area contributed by atoms with E-state index in [-0.39, 0.29) is 17.4 Å². The number of ether oxygens (including phenoxy) is 1. The van der Waals surface area contributed by atoms with Crippen LogP contribution in [0.4, 0.5) is 0 Å². The third kappa shape index (κ3) is 3.46. The maximum atomic E-state index is 12.8. The maximum Gasteiger partial charge on any atom is 0.348 e. The first-order valence-electron chi connectivity index (χ1n) is 10.1. The Morgan fingerprint density at radius 2 is 2.10 bits per heavy atom. The fourth-order valence-corrected chi connectivity index (χ4v) is 7.34. The molecule has 4 aromatic rings. The molecule has 0 aromatic carbocycles. The standard InChI is InChI=1S/C21H20N4O3S3/c1-4-28-21(27)15-9(2)13-17(26)24-16(25-20(13)31-15)10(3)29-18-14-11-6-5-7-12(11)30-19(14)23-8-22-18/h8,10H,4-7H2,1-3H3,(H,24,25,26)/t10-/m0/s1. The van der Waals surface area contributed by atoms with E-state index in [0.29, 0.717) is 26.5 Å². The molecule has 0 unspecified atom stereocenters. The smallest absolute Gasteiger partial charge is 0.348 e. The van der Waals surface area contributed by atoms with Gasteiger partial charge in [-0.15, -0.1) is 22.7 Å². The lowest BCUT2D eigenvalue weighted by molar-refractivity contribution is 0.0531. The first-order chi connectivity index (χ1) is 15.0. The fraction of sp³-hybridized carbons (Fsp3) is 0.381. The number of fused-ring (bicyclic) bond motifs is 4. The molecule has 0 amide bonds. The van der Waals surface area contributed by atoms with Gasteiger partial charge in [0.05, 0.1) is 17.2 Å². The number of esters is 1. The molecule has 1 atom stereocenters. The largest absolute Gasteiger partial charge is 0.462 e. The number of aryl methyl sites for hydroxylation is 3. The van der Waals surface area contributed by atoms with Crippen molar-refractivity contribution < 1.29 is 9.53 Å². The molecule has 0 aliphatic heterocycles. The lowest BCUT2D eigenvalue weighted by Crippen LogP contribution is -2.13. The van der Waals surface area contributed by atoms with Gasteiger partial charge in [-0.25, -0.2) is 19.7 Å². The van der Waals surface area contributed by atoms with Crippen molar-refractivity contribution in [3.63, 3.8) is 0 Å². The first-order valence-corrected chi connectivity index (χ1v) is 12.6. The minimum Gasteiger partial charge on any atom is -0.462 e. The molecule has 0 fully saturated rings. The second-order valence-corrected chi connectivity index (χ2v) is 10.8. The summed E-state index contributed by atoms with van der Waals surface area (Å²) < 4.78 is 5.12. The number of thiophene rings is 2. The molecule has 1 aliphatic carbocycles. The molecule has 160 valence electrons. The topological polar surface area (TPSA) is 97.8 Å². The minimum atomic E-state index is -0.416. The van der Waals surface area contributed by atoms with Crippen LogP contribution in [-0.2, 0) is 17.6 Å². The van der Waals surface area contributed by atoms with Crippen molar-refractivity contribution in [3.8, 4) is 0 Å². The Labute approximate surface area is 190 Å². The van der Waals surface area contributed by atoms with Crippen molar-refractivity contribution in [3.05, 3.63) is 43.4 Å². The van der Waals surface area contributed by atoms with Gasteiger partial charge in [0.15, 0.2) is 0 Å². The summed E-state index contributed by atoms with van der Waals surface area (Å²) in [4.78, 5) is 45.1. The van der Waals surface area contributed by atoms with Crippen LogP contribution in [0.25, 0.3) is 20.4 Å². The average Bonchev–Trinajstić information content (AvgIpc) is 3.41. The number of carbonyl (C=O) groups is 1. The van der Waals surface area contributed by atoms with Crippen LogP contribution in [0, 0.1) is 6.92 Å². The summed E-state index contributed by atoms with van der Waals surface area (Å²) >= 11 is 4.54. The van der Waals surface area contributed by atoms with E-state index in [1.807, 2.05) is 6.92 Å². The Hall–Kier alpha value is -2.30. The molecule has 0 spiro atoms. The van der Waals surface area contributed by atoms with Crippen molar-refractivity contribution in [1.82, 2.24) is 19.9 Å². The number of rotatable bonds is 5. The third-order valence-electron chi connectivity index (χ3n) is 5.42. The SMILES string of the molecule is CCOC(=O)c1sc2nc([C@H](C)Sc3ncnc4sc5c(c34)CCC5)[nH]c(=O)c2c1C. The Balaban J connectivity index is 1.52. The van der Waals surface area contributed by atoms with E-state index in [1.54, 1.807) is 43.3 Å². The van der Waals surface area contributed by atoms with E-state index in [4.69, 9.17) is 4.74 Å². The lowest BCUT2D eigenvalue weighted by Gasteiger charge is -2.11. The molecular formula is C21H20N4O3S3. The van der Waals surface area contributed by atoms with Gasteiger partial charge in [0, 0.05) is 10.3 Å². The number of H-pyrrole nitrogens is 1. The molecule has 5 rings (SSSR count). The van der Waals surface area contributed by atoms with Crippen molar-refractivity contribution in [2.75, 3.05) is 6.61 Å². The predicted molar refractivity (Wildman–Crippen MR) is 125 cm³/mol. The van der Waals surface area contributed by atoms with E-state index >= 15 is 0 Å². The van der Waals surface area contributed by atoms with Gasteiger partial charge in [-0.3, -0.25) is 4.79 Å². The zero-order valence-electron chi connectivity index (χ0n) is 17.3. The molecule has 7 nitrogen and oxygen atoms in total. The average molecular weight is 473 g/mol. The highest BCUT2D eigenvalue weighted by atomic mass is 32.2. The molecular weight excluding hydrogens is 452 g/mol. The third-order valence-corrected chi connectivity index (χ3v) is 8.89. The van der Waals surface area contributed by atoms with Crippen LogP contribution in [0.15, 0.2) is 16.1 Å². The summed E-state index contributed by atoms with van der Waals surface area (Å²) in [5.74, 6) is 0.152. The summed E-state index contributed by atoms with van der Waals surface area (Å²) in [6.45, 7) is 5.81. The number of nitrogens with one attached hydrogen (secondary N) is 1. The van der Waals surface area contributed by atoms with Gasteiger partial charge in [-0.2, -0.15) is 0 Å². The second-order valence-electron chi connectivity index (χ2n) is 7.38. The first kappa shape index (κ1) is 20.6. The number of nitrogens with zero attached hydrogens (tertiary/aromatic N) is 3. The molecule has 31 heavy (non-hydrogen) atoms. The normalized spacial score (nSPS) is 14.3. The summed E-state index contributed by atoms with van der Waals surface area (Å²) in [6, 6.07) is 0. The van der Waals surface area contributed by atoms with E-state index in [2.05, 4.69) is 19.9 Å². The summed E-state index contributed by atoms with van der Waals surface area (Å²) in [7, 11) is 0. The van der Waals surface area contributed by atoms with Gasteiger partial charge in [0.2, 0.25) is 0 Å². The Bertz CT molecular complexity index is 1390. The molecule has 4 heterocycles. The van der Waals surface area contributed by atoms with Crippen molar-refractivity contribution in [2.45, 2.75) is 50.3 Å². The highest BCUT2D eigenvalue weighted by Gasteiger charge is 2.24. The molecule has 10 heteroatoms. The predicted octanol–water partition coefficient (Wildman–Crippen LogP) is 4.82. The van der Waals surface area contributed by atoms with Crippen molar-refractivity contribution in [1.29, 1.82) is 0 Å². The van der Waals surface area contributed by atoms with Crippen LogP contribution in [0.5, 0.6) is 0 Å². The van der Waals surface area contributed by atoms with Gasteiger partial charge < -0.3 is 9.72 Å². The number of carbonyl (C=O) groups excluding carboxylic acids is 1. The molecule has 0 radical (unpaired) electrons. The lowest BCUT2D eigenvalue weighted by atomic mass is 10.2. The molecule has 0 saturated heterocycles. The molecule has 0 bridgehead atoms. The van der Waals surface area contributed by atoms with Crippen LogP contribution in [-0.4, -0.2) is 32.5 Å². The number of aromatic nitrogens is 4. The number of aromatic amines is 1. The number of hydrogen-bond acceptors (Lipinski definition) is 9. The van der Waals surface area contributed by atoms with Crippen LogP contribution in [0.2, 0.25) is 0 Å². The van der Waals surface area contributed by atoms with Crippen LogP contribution >= 0.6 is 34.4 Å².